The quantitative estimate of drug-likeness (QED) is 0.676. The summed E-state index contributed by atoms with van der Waals surface area (Å²) in [5.41, 5.74) is 3.20. The third-order valence-electron chi connectivity index (χ3n) is 3.57. The maximum absolute atomic E-state index is 5.78. The summed E-state index contributed by atoms with van der Waals surface area (Å²) in [6, 6.07) is 12.2. The topological polar surface area (TPSA) is 39.9 Å². The van der Waals surface area contributed by atoms with Crippen molar-refractivity contribution in [1.82, 2.24) is 14.5 Å². The molecule has 0 radical (unpaired) electrons. The summed E-state index contributed by atoms with van der Waals surface area (Å²) in [6.45, 7) is 1.36. The van der Waals surface area contributed by atoms with Gasteiger partial charge in [0, 0.05) is 11.8 Å². The van der Waals surface area contributed by atoms with E-state index in [0.717, 1.165) is 39.5 Å². The van der Waals surface area contributed by atoms with Gasteiger partial charge >= 0.3 is 0 Å². The molecule has 0 atom stereocenters. The number of halogens is 1. The number of rotatable bonds is 1. The molecule has 3 aromatic rings. The van der Waals surface area contributed by atoms with E-state index in [2.05, 4.69) is 37.6 Å². The van der Waals surface area contributed by atoms with Crippen molar-refractivity contribution in [3.63, 3.8) is 0 Å². The second-order valence-electron chi connectivity index (χ2n) is 4.81. The van der Waals surface area contributed by atoms with Crippen molar-refractivity contribution >= 4 is 15.9 Å². The van der Waals surface area contributed by atoms with Gasteiger partial charge in [0.15, 0.2) is 0 Å². The number of nitrogens with zero attached hydrogens (tertiary/aromatic N) is 3. The van der Waals surface area contributed by atoms with Gasteiger partial charge in [-0.2, -0.15) is 0 Å². The molecule has 1 aliphatic rings. The van der Waals surface area contributed by atoms with E-state index in [4.69, 9.17) is 9.72 Å². The predicted molar refractivity (Wildman–Crippen MR) is 84.1 cm³/mol. The molecule has 21 heavy (non-hydrogen) atoms. The third-order valence-corrected chi connectivity index (χ3v) is 4.12. The monoisotopic (exact) mass is 341 g/mol. The molecule has 3 heterocycles. The molecule has 1 aliphatic heterocycles. The number of imidazole rings is 1. The van der Waals surface area contributed by atoms with Crippen LogP contribution < -0.4 is 4.74 Å². The minimum atomic E-state index is 0.605. The minimum Gasteiger partial charge on any atom is -0.489 e. The molecule has 0 saturated heterocycles. The van der Waals surface area contributed by atoms with Crippen LogP contribution in [0.25, 0.3) is 22.6 Å². The van der Waals surface area contributed by atoms with Crippen LogP contribution in [0.1, 0.15) is 0 Å². The Kier molecular flexibility index (Phi) is 3.00. The average molecular weight is 342 g/mol. The van der Waals surface area contributed by atoms with Gasteiger partial charge in [-0.05, 0) is 22.0 Å². The van der Waals surface area contributed by atoms with E-state index in [1.807, 2.05) is 24.3 Å². The van der Waals surface area contributed by atoms with Gasteiger partial charge in [0.25, 0.3) is 0 Å². The van der Waals surface area contributed by atoms with Crippen molar-refractivity contribution in [1.29, 1.82) is 0 Å². The first kappa shape index (κ1) is 12.6. The number of ether oxygens (including phenoxy) is 1. The fourth-order valence-corrected chi connectivity index (χ4v) is 3.26. The Hall–Kier alpha value is -2.14. The zero-order valence-electron chi connectivity index (χ0n) is 11.2. The second kappa shape index (κ2) is 5.00. The van der Waals surface area contributed by atoms with Gasteiger partial charge in [-0.1, -0.05) is 30.3 Å². The van der Waals surface area contributed by atoms with Gasteiger partial charge in [-0.15, -0.1) is 0 Å². The highest BCUT2D eigenvalue weighted by atomic mass is 79.9. The summed E-state index contributed by atoms with van der Waals surface area (Å²) in [4.78, 5) is 8.83. The molecule has 0 unspecified atom stereocenters. The normalized spacial score (nSPS) is 13.0. The summed E-state index contributed by atoms with van der Waals surface area (Å²) in [5, 5.41) is 0. The molecular formula is C16H12BrN3O. The second-order valence-corrected chi connectivity index (χ2v) is 5.56. The molecule has 0 spiro atoms. The lowest BCUT2D eigenvalue weighted by Crippen LogP contribution is -2.07. The first-order valence-electron chi connectivity index (χ1n) is 6.73. The molecule has 0 saturated carbocycles. The van der Waals surface area contributed by atoms with Crippen molar-refractivity contribution in [2.24, 2.45) is 0 Å². The highest BCUT2D eigenvalue weighted by Crippen LogP contribution is 2.37. The molecule has 0 aliphatic carbocycles. The SMILES string of the molecule is Brc1nc2n(c1-c1ccccc1)CCOc1cnccc1-2. The van der Waals surface area contributed by atoms with Crippen molar-refractivity contribution < 1.29 is 4.74 Å². The molecule has 0 bridgehead atoms. The van der Waals surface area contributed by atoms with Gasteiger partial charge in [0.1, 0.15) is 22.8 Å². The summed E-state index contributed by atoms with van der Waals surface area (Å²) >= 11 is 3.60. The van der Waals surface area contributed by atoms with Crippen LogP contribution >= 0.6 is 15.9 Å². The van der Waals surface area contributed by atoms with E-state index in [-0.39, 0.29) is 0 Å². The van der Waals surface area contributed by atoms with Gasteiger partial charge in [-0.3, -0.25) is 4.98 Å². The molecule has 0 amide bonds. The number of hydrogen-bond acceptors (Lipinski definition) is 3. The maximum Gasteiger partial charge on any atom is 0.148 e. The van der Waals surface area contributed by atoms with Crippen LogP contribution in [0, 0.1) is 0 Å². The molecule has 1 aromatic carbocycles. The van der Waals surface area contributed by atoms with Crippen LogP contribution in [0.5, 0.6) is 5.75 Å². The Labute approximate surface area is 130 Å². The molecule has 4 rings (SSSR count). The first-order valence-corrected chi connectivity index (χ1v) is 7.52. The maximum atomic E-state index is 5.78. The number of aromatic nitrogens is 3. The zero-order valence-corrected chi connectivity index (χ0v) is 12.7. The summed E-state index contributed by atoms with van der Waals surface area (Å²) in [6.07, 6.45) is 3.51. The molecule has 2 aromatic heterocycles. The number of benzene rings is 1. The smallest absolute Gasteiger partial charge is 0.148 e. The van der Waals surface area contributed by atoms with Crippen LogP contribution in [0.2, 0.25) is 0 Å². The average Bonchev–Trinajstić information content (AvgIpc) is 2.74. The first-order chi connectivity index (χ1) is 10.3. The lowest BCUT2D eigenvalue weighted by molar-refractivity contribution is 0.306. The van der Waals surface area contributed by atoms with E-state index in [1.54, 1.807) is 12.4 Å². The molecule has 0 N–H and O–H groups in total. The standard InChI is InChI=1S/C16H12BrN3O/c17-15-14(11-4-2-1-3-5-11)20-8-9-21-13-10-18-7-6-12(13)16(20)19-15/h1-7,10H,8-9H2. The van der Waals surface area contributed by atoms with E-state index < -0.39 is 0 Å². The van der Waals surface area contributed by atoms with Gasteiger partial charge in [0.05, 0.1) is 24.0 Å². The number of hydrogen-bond donors (Lipinski definition) is 0. The predicted octanol–water partition coefficient (Wildman–Crippen LogP) is 3.77. The van der Waals surface area contributed by atoms with E-state index >= 15 is 0 Å². The molecule has 4 nitrogen and oxygen atoms in total. The van der Waals surface area contributed by atoms with E-state index in [1.165, 1.54) is 0 Å². The van der Waals surface area contributed by atoms with Crippen LogP contribution in [-0.4, -0.2) is 21.1 Å². The van der Waals surface area contributed by atoms with Crippen molar-refractivity contribution in [2.75, 3.05) is 6.61 Å². The highest BCUT2D eigenvalue weighted by molar-refractivity contribution is 9.10. The van der Waals surface area contributed by atoms with Crippen molar-refractivity contribution in [2.45, 2.75) is 6.54 Å². The Morgan fingerprint density at radius 3 is 2.86 bits per heavy atom. The van der Waals surface area contributed by atoms with Crippen LogP contribution in [0.3, 0.4) is 0 Å². The molecule has 104 valence electrons. The third kappa shape index (κ3) is 2.05. The Morgan fingerprint density at radius 1 is 1.14 bits per heavy atom. The van der Waals surface area contributed by atoms with Crippen molar-refractivity contribution in [3.05, 3.63) is 53.4 Å². The van der Waals surface area contributed by atoms with Crippen LogP contribution in [0.15, 0.2) is 53.4 Å². The lowest BCUT2D eigenvalue weighted by atomic mass is 10.1. The summed E-state index contributed by atoms with van der Waals surface area (Å²) in [5.74, 6) is 1.70. The number of pyridine rings is 1. The largest absolute Gasteiger partial charge is 0.489 e. The van der Waals surface area contributed by atoms with E-state index in [9.17, 15) is 0 Å². The van der Waals surface area contributed by atoms with Gasteiger partial charge < -0.3 is 9.30 Å². The Bertz CT molecular complexity index is 799. The number of fused-ring (bicyclic) bond motifs is 3. The van der Waals surface area contributed by atoms with Gasteiger partial charge in [-0.25, -0.2) is 4.98 Å². The lowest BCUT2D eigenvalue weighted by Gasteiger charge is -2.08. The molecular weight excluding hydrogens is 330 g/mol. The fourth-order valence-electron chi connectivity index (χ4n) is 2.64. The summed E-state index contributed by atoms with van der Waals surface area (Å²) in [7, 11) is 0. The Balaban J connectivity index is 1.97. The Morgan fingerprint density at radius 2 is 2.00 bits per heavy atom. The minimum absolute atomic E-state index is 0.605. The summed E-state index contributed by atoms with van der Waals surface area (Å²) < 4.78 is 8.84. The van der Waals surface area contributed by atoms with Gasteiger partial charge in [0.2, 0.25) is 0 Å². The fraction of sp³-hybridized carbons (Fsp3) is 0.125. The molecule has 5 heteroatoms. The van der Waals surface area contributed by atoms with Crippen molar-refractivity contribution in [3.8, 4) is 28.4 Å². The molecule has 0 fully saturated rings. The van der Waals surface area contributed by atoms with Crippen LogP contribution in [-0.2, 0) is 6.54 Å². The zero-order chi connectivity index (χ0) is 14.2. The highest BCUT2D eigenvalue weighted by Gasteiger charge is 2.23. The van der Waals surface area contributed by atoms with E-state index in [0.29, 0.717) is 6.61 Å². The van der Waals surface area contributed by atoms with Crippen LogP contribution in [0.4, 0.5) is 0 Å².